The summed E-state index contributed by atoms with van der Waals surface area (Å²) in [5.74, 6) is 0. The molecule has 18 heavy (non-hydrogen) atoms. The van der Waals surface area contributed by atoms with E-state index in [-0.39, 0.29) is 12.6 Å². The number of aliphatic hydroxyl groups excluding tert-OH is 1. The molecule has 2 heterocycles. The van der Waals surface area contributed by atoms with E-state index in [9.17, 15) is 5.11 Å². The van der Waals surface area contributed by atoms with E-state index in [1.54, 1.807) is 11.3 Å². The molecule has 0 radical (unpaired) electrons. The number of fused-ring (bicyclic) bond motifs is 1. The normalized spacial score (nSPS) is 19.2. The third-order valence-electron chi connectivity index (χ3n) is 3.41. The van der Waals surface area contributed by atoms with Crippen molar-refractivity contribution in [3.05, 3.63) is 56.2 Å². The van der Waals surface area contributed by atoms with Crippen LogP contribution in [0.5, 0.6) is 0 Å². The summed E-state index contributed by atoms with van der Waals surface area (Å²) in [6.45, 7) is 1.06. The van der Waals surface area contributed by atoms with Crippen molar-refractivity contribution in [2.75, 3.05) is 7.05 Å². The molecule has 0 saturated heterocycles. The minimum atomic E-state index is 0.115. The highest BCUT2D eigenvalue weighted by Crippen LogP contribution is 2.39. The van der Waals surface area contributed by atoms with Gasteiger partial charge in [-0.05, 0) is 47.3 Å². The summed E-state index contributed by atoms with van der Waals surface area (Å²) in [6, 6.07) is 8.45. The van der Waals surface area contributed by atoms with Gasteiger partial charge in [-0.3, -0.25) is 4.90 Å². The van der Waals surface area contributed by atoms with Gasteiger partial charge in [-0.2, -0.15) is 0 Å². The predicted molar refractivity (Wildman–Crippen MR) is 75.0 cm³/mol. The van der Waals surface area contributed by atoms with Crippen LogP contribution >= 0.6 is 22.9 Å². The van der Waals surface area contributed by atoms with Crippen molar-refractivity contribution in [3.8, 4) is 0 Å². The van der Waals surface area contributed by atoms with Gasteiger partial charge >= 0.3 is 0 Å². The molecule has 1 aromatic heterocycles. The maximum atomic E-state index is 9.17. The van der Waals surface area contributed by atoms with Crippen molar-refractivity contribution >= 4 is 22.9 Å². The monoisotopic (exact) mass is 279 g/mol. The molecule has 2 aromatic rings. The molecular formula is C14H14ClNOS. The van der Waals surface area contributed by atoms with E-state index in [0.717, 1.165) is 16.4 Å². The maximum absolute atomic E-state index is 9.17. The van der Waals surface area contributed by atoms with Crippen LogP contribution in [0.2, 0.25) is 5.02 Å². The third-order valence-corrected chi connectivity index (χ3v) is 4.58. The first-order valence-corrected chi connectivity index (χ1v) is 7.11. The zero-order chi connectivity index (χ0) is 12.7. The van der Waals surface area contributed by atoms with Crippen LogP contribution in [0.1, 0.15) is 27.6 Å². The van der Waals surface area contributed by atoms with Gasteiger partial charge in [0.1, 0.15) is 0 Å². The summed E-state index contributed by atoms with van der Waals surface area (Å²) in [5.41, 5.74) is 3.86. The van der Waals surface area contributed by atoms with Crippen LogP contribution < -0.4 is 0 Å². The average Bonchev–Trinajstić information content (AvgIpc) is 2.92. The first-order chi connectivity index (χ1) is 8.69. The van der Waals surface area contributed by atoms with Crippen molar-refractivity contribution in [1.29, 1.82) is 0 Å². The van der Waals surface area contributed by atoms with E-state index in [4.69, 9.17) is 11.6 Å². The van der Waals surface area contributed by atoms with Crippen LogP contribution in [-0.2, 0) is 13.2 Å². The van der Waals surface area contributed by atoms with Crippen LogP contribution in [0.15, 0.2) is 29.6 Å². The SMILES string of the molecule is CN1Cc2ccc(Cl)cc2C1c1csc(CO)c1. The van der Waals surface area contributed by atoms with E-state index in [0.29, 0.717) is 0 Å². The van der Waals surface area contributed by atoms with E-state index >= 15 is 0 Å². The number of hydrogen-bond donors (Lipinski definition) is 1. The Balaban J connectivity index is 2.05. The topological polar surface area (TPSA) is 23.5 Å². The maximum Gasteiger partial charge on any atom is 0.0774 e. The second-order valence-electron chi connectivity index (χ2n) is 4.67. The number of halogens is 1. The minimum Gasteiger partial charge on any atom is -0.391 e. The lowest BCUT2D eigenvalue weighted by Gasteiger charge is -2.19. The first-order valence-electron chi connectivity index (χ1n) is 5.86. The molecular weight excluding hydrogens is 266 g/mol. The van der Waals surface area contributed by atoms with Gasteiger partial charge in [-0.25, -0.2) is 0 Å². The fourth-order valence-electron chi connectivity index (χ4n) is 2.62. The highest BCUT2D eigenvalue weighted by molar-refractivity contribution is 7.10. The average molecular weight is 280 g/mol. The molecule has 1 unspecified atom stereocenters. The Hall–Kier alpha value is -0.870. The molecule has 4 heteroatoms. The molecule has 2 nitrogen and oxygen atoms in total. The largest absolute Gasteiger partial charge is 0.391 e. The van der Waals surface area contributed by atoms with Crippen LogP contribution in [-0.4, -0.2) is 17.1 Å². The van der Waals surface area contributed by atoms with E-state index in [1.165, 1.54) is 16.7 Å². The van der Waals surface area contributed by atoms with Crippen LogP contribution in [0.3, 0.4) is 0 Å². The Bertz CT molecular complexity index is 581. The predicted octanol–water partition coefficient (Wildman–Crippen LogP) is 3.43. The van der Waals surface area contributed by atoms with Crippen LogP contribution in [0, 0.1) is 0 Å². The summed E-state index contributed by atoms with van der Waals surface area (Å²) >= 11 is 7.71. The van der Waals surface area contributed by atoms with Crippen molar-refractivity contribution in [2.24, 2.45) is 0 Å². The lowest BCUT2D eigenvalue weighted by atomic mass is 10.0. The number of aliphatic hydroxyl groups is 1. The summed E-state index contributed by atoms with van der Waals surface area (Å²) < 4.78 is 0. The summed E-state index contributed by atoms with van der Waals surface area (Å²) in [7, 11) is 2.12. The molecule has 94 valence electrons. The first kappa shape index (κ1) is 12.2. The smallest absolute Gasteiger partial charge is 0.0774 e. The van der Waals surface area contributed by atoms with Gasteiger partial charge in [0.25, 0.3) is 0 Å². The van der Waals surface area contributed by atoms with Gasteiger partial charge in [0.2, 0.25) is 0 Å². The Labute approximate surface area is 115 Å². The van der Waals surface area contributed by atoms with E-state index < -0.39 is 0 Å². The number of benzene rings is 1. The van der Waals surface area contributed by atoms with Gasteiger partial charge < -0.3 is 5.11 Å². The minimum absolute atomic E-state index is 0.115. The third kappa shape index (κ3) is 1.97. The lowest BCUT2D eigenvalue weighted by molar-refractivity contribution is 0.284. The van der Waals surface area contributed by atoms with E-state index in [2.05, 4.69) is 35.5 Å². The van der Waals surface area contributed by atoms with Crippen LogP contribution in [0.4, 0.5) is 0 Å². The summed E-state index contributed by atoms with van der Waals surface area (Å²) in [6.07, 6.45) is 0. The highest BCUT2D eigenvalue weighted by Gasteiger charge is 2.29. The Morgan fingerprint density at radius 3 is 3.00 bits per heavy atom. The molecule has 0 saturated carbocycles. The van der Waals surface area contributed by atoms with Crippen molar-refractivity contribution in [2.45, 2.75) is 19.2 Å². The Kier molecular flexibility index (Phi) is 3.16. The summed E-state index contributed by atoms with van der Waals surface area (Å²) in [4.78, 5) is 3.32. The highest BCUT2D eigenvalue weighted by atomic mass is 35.5. The molecule has 1 aliphatic heterocycles. The summed E-state index contributed by atoms with van der Waals surface area (Å²) in [5, 5.41) is 12.1. The second-order valence-corrected chi connectivity index (χ2v) is 6.10. The zero-order valence-corrected chi connectivity index (χ0v) is 11.6. The fourth-order valence-corrected chi connectivity index (χ4v) is 3.56. The fraction of sp³-hybridized carbons (Fsp3) is 0.286. The van der Waals surface area contributed by atoms with Gasteiger partial charge in [0.15, 0.2) is 0 Å². The van der Waals surface area contributed by atoms with Gasteiger partial charge in [-0.1, -0.05) is 17.7 Å². The quantitative estimate of drug-likeness (QED) is 0.910. The lowest BCUT2D eigenvalue weighted by Crippen LogP contribution is -2.16. The van der Waals surface area contributed by atoms with Gasteiger partial charge in [0, 0.05) is 16.4 Å². The molecule has 0 spiro atoms. The number of thiophene rings is 1. The molecule has 1 N–H and O–H groups in total. The molecule has 1 aliphatic rings. The molecule has 0 aliphatic carbocycles. The standard InChI is InChI=1S/C14H14ClNOS/c1-16-6-9-2-3-11(15)5-13(9)14(16)10-4-12(7-17)18-8-10/h2-5,8,14,17H,6-7H2,1H3. The van der Waals surface area contributed by atoms with Crippen molar-refractivity contribution in [1.82, 2.24) is 4.90 Å². The second kappa shape index (κ2) is 4.67. The number of hydrogen-bond acceptors (Lipinski definition) is 3. The molecule has 0 fully saturated rings. The number of rotatable bonds is 2. The van der Waals surface area contributed by atoms with Crippen molar-refractivity contribution in [3.63, 3.8) is 0 Å². The Morgan fingerprint density at radius 1 is 1.44 bits per heavy atom. The zero-order valence-electron chi connectivity index (χ0n) is 10.1. The van der Waals surface area contributed by atoms with Crippen molar-refractivity contribution < 1.29 is 5.11 Å². The van der Waals surface area contributed by atoms with Gasteiger partial charge in [0.05, 0.1) is 12.6 Å². The molecule has 1 aromatic carbocycles. The Morgan fingerprint density at radius 2 is 2.28 bits per heavy atom. The van der Waals surface area contributed by atoms with E-state index in [1.807, 2.05) is 6.07 Å². The number of nitrogens with zero attached hydrogens (tertiary/aromatic N) is 1. The molecule has 1 atom stereocenters. The molecule has 3 rings (SSSR count). The molecule has 0 amide bonds. The van der Waals surface area contributed by atoms with Gasteiger partial charge in [-0.15, -0.1) is 11.3 Å². The molecule has 0 bridgehead atoms. The van der Waals surface area contributed by atoms with Crippen LogP contribution in [0.25, 0.3) is 0 Å².